The van der Waals surface area contributed by atoms with E-state index in [4.69, 9.17) is 9.16 Å². The van der Waals surface area contributed by atoms with Crippen molar-refractivity contribution in [3.8, 4) is 0 Å². The fraction of sp³-hybridized carbons (Fsp3) is 0.929. The number of ether oxygens (including phenoxy) is 1. The molecule has 3 heteroatoms. The second kappa shape index (κ2) is 7.44. The summed E-state index contributed by atoms with van der Waals surface area (Å²) < 4.78 is 12.9. The van der Waals surface area contributed by atoms with E-state index in [0.29, 0.717) is 23.0 Å². The minimum atomic E-state index is -1.75. The third-order valence-corrected chi connectivity index (χ3v) is 16.1. The monoisotopic (exact) mass is 444 g/mol. The number of allylic oxidation sites excluding steroid dienone is 1. The highest BCUT2D eigenvalue weighted by atomic mass is 28.4. The summed E-state index contributed by atoms with van der Waals surface area (Å²) in [6.07, 6.45) is 15.4. The topological polar surface area (TPSA) is 21.8 Å². The molecule has 31 heavy (non-hydrogen) atoms. The molecule has 4 saturated carbocycles. The first-order chi connectivity index (χ1) is 14.5. The molecule has 176 valence electrons. The number of hydrogen-bond donors (Lipinski definition) is 0. The fourth-order valence-corrected chi connectivity index (χ4v) is 10.3. The second-order valence-electron chi connectivity index (χ2n) is 13.8. The summed E-state index contributed by atoms with van der Waals surface area (Å²) in [4.78, 5) is 0. The van der Waals surface area contributed by atoms with Gasteiger partial charge in [-0.2, -0.15) is 0 Å². The normalized spacial score (nSPS) is 47.9. The molecule has 5 fully saturated rings. The minimum absolute atomic E-state index is 0.278. The van der Waals surface area contributed by atoms with Crippen molar-refractivity contribution in [1.29, 1.82) is 0 Å². The maximum Gasteiger partial charge on any atom is 0.192 e. The van der Waals surface area contributed by atoms with Gasteiger partial charge in [-0.05, 0) is 124 Å². The Balaban J connectivity index is 1.33. The average Bonchev–Trinajstić information content (AvgIpc) is 3.32. The van der Waals surface area contributed by atoms with Crippen LogP contribution in [-0.2, 0) is 9.16 Å². The van der Waals surface area contributed by atoms with Gasteiger partial charge < -0.3 is 9.16 Å². The Hall–Kier alpha value is -0.123. The van der Waals surface area contributed by atoms with E-state index in [1.165, 1.54) is 57.8 Å². The van der Waals surface area contributed by atoms with E-state index in [-0.39, 0.29) is 5.04 Å². The molecule has 0 amide bonds. The van der Waals surface area contributed by atoms with E-state index in [1.54, 1.807) is 0 Å². The maximum atomic E-state index is 6.99. The zero-order chi connectivity index (χ0) is 22.2. The molecule has 1 aliphatic heterocycles. The molecular formula is C28H48O2Si. The Morgan fingerprint density at radius 3 is 2.35 bits per heavy atom. The zero-order valence-electron chi connectivity index (χ0n) is 21.2. The van der Waals surface area contributed by atoms with Gasteiger partial charge in [0.2, 0.25) is 0 Å². The number of rotatable bonds is 4. The van der Waals surface area contributed by atoms with Crippen LogP contribution in [0.5, 0.6) is 0 Å². The molecule has 0 bridgehead atoms. The van der Waals surface area contributed by atoms with Crippen molar-refractivity contribution in [2.24, 2.45) is 40.9 Å². The standard InChI is InChI=1S/C28H48O2Si/c1-8-28-16-14-22-21-13-15-27(18-29-27)17-20(21)9-10-23(22)25(28)12-11-24(28)19(2)30-31(6,7)26(3,4)5/h8,19-25H,1,9-18H2,2-7H3/t19-,20+,21-,22+,23+,24+,25-,27?,28+/m0/s1. The number of fused-ring (bicyclic) bond motifs is 5. The molecule has 1 saturated heterocycles. The first-order valence-corrected chi connectivity index (χ1v) is 16.4. The van der Waals surface area contributed by atoms with Gasteiger partial charge >= 0.3 is 0 Å². The lowest BCUT2D eigenvalue weighted by atomic mass is 9.48. The number of hydrogen-bond acceptors (Lipinski definition) is 2. The Kier molecular flexibility index (Phi) is 5.44. The van der Waals surface area contributed by atoms with Crippen LogP contribution in [0.1, 0.15) is 85.5 Å². The van der Waals surface area contributed by atoms with Gasteiger partial charge in [0, 0.05) is 6.10 Å². The summed E-state index contributed by atoms with van der Waals surface area (Å²) in [5.74, 6) is 5.36. The zero-order valence-corrected chi connectivity index (χ0v) is 22.2. The van der Waals surface area contributed by atoms with E-state index < -0.39 is 8.32 Å². The number of epoxide rings is 1. The SMILES string of the molecule is C=C[C@]12CC[C@H]3[C@@H](CC[C@@H]4CC5(CC[C@@H]43)CO5)[C@@H]1CC[C@@H]2[C@H](C)O[Si](C)(C)C(C)(C)C. The molecule has 9 atom stereocenters. The van der Waals surface area contributed by atoms with Crippen molar-refractivity contribution in [2.75, 3.05) is 6.61 Å². The smallest absolute Gasteiger partial charge is 0.192 e. The molecule has 0 aromatic carbocycles. The summed E-state index contributed by atoms with van der Waals surface area (Å²) in [6.45, 7) is 19.9. The van der Waals surface area contributed by atoms with Gasteiger partial charge in [-0.25, -0.2) is 0 Å². The van der Waals surface area contributed by atoms with Crippen molar-refractivity contribution in [1.82, 2.24) is 0 Å². The van der Waals surface area contributed by atoms with Crippen molar-refractivity contribution in [3.63, 3.8) is 0 Å². The molecule has 2 nitrogen and oxygen atoms in total. The predicted molar refractivity (Wildman–Crippen MR) is 132 cm³/mol. The molecule has 0 aromatic heterocycles. The van der Waals surface area contributed by atoms with Crippen molar-refractivity contribution in [2.45, 2.75) is 115 Å². The van der Waals surface area contributed by atoms with Crippen LogP contribution in [0.2, 0.25) is 18.1 Å². The van der Waals surface area contributed by atoms with Crippen LogP contribution < -0.4 is 0 Å². The van der Waals surface area contributed by atoms with Gasteiger partial charge in [-0.15, -0.1) is 6.58 Å². The lowest BCUT2D eigenvalue weighted by Gasteiger charge is -2.57. The quantitative estimate of drug-likeness (QED) is 0.253. The molecule has 0 radical (unpaired) electrons. The van der Waals surface area contributed by atoms with Gasteiger partial charge in [-0.1, -0.05) is 26.8 Å². The summed E-state index contributed by atoms with van der Waals surface area (Å²) in [7, 11) is -1.75. The summed E-state index contributed by atoms with van der Waals surface area (Å²) in [6, 6.07) is 0. The van der Waals surface area contributed by atoms with E-state index in [1.807, 2.05) is 0 Å². The van der Waals surface area contributed by atoms with E-state index >= 15 is 0 Å². The van der Waals surface area contributed by atoms with E-state index in [0.717, 1.165) is 36.2 Å². The Morgan fingerprint density at radius 2 is 1.71 bits per heavy atom. The Labute approximate surface area is 193 Å². The van der Waals surface area contributed by atoms with Gasteiger partial charge in [0.05, 0.1) is 12.2 Å². The third kappa shape index (κ3) is 3.55. The molecule has 0 aromatic rings. The largest absolute Gasteiger partial charge is 0.414 e. The van der Waals surface area contributed by atoms with Crippen LogP contribution in [-0.4, -0.2) is 26.6 Å². The Bertz CT molecular complexity index is 704. The minimum Gasteiger partial charge on any atom is -0.414 e. The lowest BCUT2D eigenvalue weighted by molar-refractivity contribution is -0.0704. The summed E-state index contributed by atoms with van der Waals surface area (Å²) in [5.41, 5.74) is 0.661. The average molecular weight is 445 g/mol. The van der Waals surface area contributed by atoms with Crippen LogP contribution in [0.15, 0.2) is 12.7 Å². The Morgan fingerprint density at radius 1 is 1.00 bits per heavy atom. The summed E-state index contributed by atoms with van der Waals surface area (Å²) in [5, 5.41) is 0.278. The van der Waals surface area contributed by atoms with Crippen molar-refractivity contribution in [3.05, 3.63) is 12.7 Å². The van der Waals surface area contributed by atoms with Gasteiger partial charge in [0.1, 0.15) is 0 Å². The maximum absolute atomic E-state index is 6.99. The van der Waals surface area contributed by atoms with Crippen LogP contribution in [0.3, 0.4) is 0 Å². The van der Waals surface area contributed by atoms with Gasteiger partial charge in [-0.3, -0.25) is 0 Å². The van der Waals surface area contributed by atoms with Gasteiger partial charge in [0.15, 0.2) is 8.32 Å². The highest BCUT2D eigenvalue weighted by molar-refractivity contribution is 6.74. The van der Waals surface area contributed by atoms with Crippen LogP contribution in [0, 0.1) is 40.9 Å². The third-order valence-electron chi connectivity index (χ3n) is 11.5. The lowest BCUT2D eigenvalue weighted by Crippen LogP contribution is -2.52. The van der Waals surface area contributed by atoms with E-state index in [2.05, 4.69) is 53.4 Å². The van der Waals surface area contributed by atoms with Gasteiger partial charge in [0.25, 0.3) is 0 Å². The highest BCUT2D eigenvalue weighted by Crippen LogP contribution is 2.66. The highest BCUT2D eigenvalue weighted by Gasteiger charge is 2.61. The first kappa shape index (κ1) is 22.7. The van der Waals surface area contributed by atoms with Crippen molar-refractivity contribution >= 4 is 8.32 Å². The first-order valence-electron chi connectivity index (χ1n) is 13.5. The molecule has 5 aliphatic rings. The molecule has 1 spiro atoms. The summed E-state index contributed by atoms with van der Waals surface area (Å²) >= 11 is 0. The van der Waals surface area contributed by atoms with Crippen LogP contribution in [0.25, 0.3) is 0 Å². The second-order valence-corrected chi connectivity index (χ2v) is 18.5. The molecule has 5 rings (SSSR count). The van der Waals surface area contributed by atoms with E-state index in [9.17, 15) is 0 Å². The fourth-order valence-electron chi connectivity index (χ4n) is 8.88. The van der Waals surface area contributed by atoms with Crippen LogP contribution in [0.4, 0.5) is 0 Å². The predicted octanol–water partition coefficient (Wildman–Crippen LogP) is 7.60. The molecule has 1 unspecified atom stereocenters. The molecular weight excluding hydrogens is 396 g/mol. The van der Waals surface area contributed by atoms with Crippen LogP contribution >= 0.6 is 0 Å². The molecule has 4 aliphatic carbocycles. The molecule has 0 N–H and O–H groups in total. The molecule has 1 heterocycles. The van der Waals surface area contributed by atoms with Crippen molar-refractivity contribution < 1.29 is 9.16 Å².